The number of aromatic hydroxyl groups is 1. The highest BCUT2D eigenvalue weighted by Crippen LogP contribution is 2.57. The molecule has 30 heavy (non-hydrogen) atoms. The predicted octanol–water partition coefficient (Wildman–Crippen LogP) is 1.62. The second-order valence-corrected chi connectivity index (χ2v) is 10.1. The first-order valence-electron chi connectivity index (χ1n) is 11.2. The molecule has 1 aliphatic heterocycles. The summed E-state index contributed by atoms with van der Waals surface area (Å²) < 4.78 is 1.64. The van der Waals surface area contributed by atoms with Gasteiger partial charge in [0.15, 0.2) is 5.75 Å². The molecule has 6 rings (SSSR count). The van der Waals surface area contributed by atoms with Crippen LogP contribution in [0.3, 0.4) is 0 Å². The average Bonchev–Trinajstić information content (AvgIpc) is 3.01. The fraction of sp³-hybridized carbons (Fsp3) is 0.727. The largest absolute Gasteiger partial charge is 0.505 e. The number of hydrogen-bond donors (Lipinski definition) is 4. The second kappa shape index (κ2) is 6.72. The van der Waals surface area contributed by atoms with Crippen LogP contribution in [0.25, 0.3) is 0 Å². The number of fused-ring (bicyclic) bond motifs is 1. The lowest BCUT2D eigenvalue weighted by Gasteiger charge is -2.60. The Morgan fingerprint density at radius 2 is 1.97 bits per heavy atom. The Morgan fingerprint density at radius 3 is 2.60 bits per heavy atom. The molecular formula is C22H32N4O4. The van der Waals surface area contributed by atoms with Crippen LogP contribution in [0.2, 0.25) is 0 Å². The van der Waals surface area contributed by atoms with Gasteiger partial charge in [0.25, 0.3) is 11.5 Å². The molecule has 4 bridgehead atoms. The normalized spacial score (nSPS) is 33.8. The number of anilines is 1. The Balaban J connectivity index is 1.52. The van der Waals surface area contributed by atoms with E-state index in [0.717, 1.165) is 44.9 Å². The van der Waals surface area contributed by atoms with E-state index in [2.05, 4.69) is 17.7 Å². The lowest BCUT2D eigenvalue weighted by atomic mass is 9.51. The molecule has 0 spiro atoms. The standard InChI is InChI=1S/C22H32N4O4/c1-3-4-5-26-15-11-23-25(2)17(15)18(27)16(20(26)29)19(28)24-21-7-13-6-14(8-21)10-22(30,9-13)12-21/h13-14,23,27,30H,3-12H2,1-2H3,(H,24,28). The van der Waals surface area contributed by atoms with Crippen molar-refractivity contribution in [1.29, 1.82) is 0 Å². The van der Waals surface area contributed by atoms with Crippen molar-refractivity contribution in [3.63, 3.8) is 0 Å². The summed E-state index contributed by atoms with van der Waals surface area (Å²) in [6.45, 7) is 3.02. The number of pyridine rings is 1. The van der Waals surface area contributed by atoms with Crippen LogP contribution in [0.1, 0.15) is 74.3 Å². The fourth-order valence-electron chi connectivity index (χ4n) is 6.97. The van der Waals surface area contributed by atoms with Crippen LogP contribution in [-0.4, -0.2) is 38.9 Å². The third-order valence-electron chi connectivity index (χ3n) is 7.71. The molecule has 1 amide bonds. The number of hydrogen-bond acceptors (Lipinski definition) is 6. The maximum absolute atomic E-state index is 13.4. The van der Waals surface area contributed by atoms with E-state index in [9.17, 15) is 19.8 Å². The molecule has 4 fully saturated rings. The van der Waals surface area contributed by atoms with Crippen molar-refractivity contribution in [1.82, 2.24) is 15.3 Å². The third-order valence-corrected chi connectivity index (χ3v) is 7.71. The van der Waals surface area contributed by atoms with Gasteiger partial charge in [0, 0.05) is 19.1 Å². The maximum Gasteiger partial charge on any atom is 0.267 e. The minimum atomic E-state index is -0.706. The lowest BCUT2D eigenvalue weighted by molar-refractivity contribution is -0.139. The van der Waals surface area contributed by atoms with Crippen molar-refractivity contribution in [2.24, 2.45) is 11.8 Å². The monoisotopic (exact) mass is 416 g/mol. The predicted molar refractivity (Wildman–Crippen MR) is 112 cm³/mol. The minimum Gasteiger partial charge on any atom is -0.505 e. The first-order chi connectivity index (χ1) is 14.2. The zero-order valence-electron chi connectivity index (χ0n) is 17.8. The van der Waals surface area contributed by atoms with Gasteiger partial charge in [-0.1, -0.05) is 13.3 Å². The van der Waals surface area contributed by atoms with Crippen LogP contribution in [0.15, 0.2) is 4.79 Å². The zero-order chi connectivity index (χ0) is 21.3. The van der Waals surface area contributed by atoms with Gasteiger partial charge in [-0.05, 0) is 56.8 Å². The quantitative estimate of drug-likeness (QED) is 0.581. The summed E-state index contributed by atoms with van der Waals surface area (Å²) in [6, 6.07) is 0. The van der Waals surface area contributed by atoms with Crippen molar-refractivity contribution in [2.45, 2.75) is 82.5 Å². The van der Waals surface area contributed by atoms with Crippen molar-refractivity contribution in [2.75, 3.05) is 12.1 Å². The van der Waals surface area contributed by atoms with E-state index in [-0.39, 0.29) is 11.3 Å². The van der Waals surface area contributed by atoms with E-state index >= 15 is 0 Å². The van der Waals surface area contributed by atoms with Crippen LogP contribution in [0.5, 0.6) is 5.75 Å². The smallest absolute Gasteiger partial charge is 0.267 e. The molecule has 5 aliphatic rings. The van der Waals surface area contributed by atoms with Crippen molar-refractivity contribution in [3.05, 3.63) is 21.6 Å². The second-order valence-electron chi connectivity index (χ2n) is 10.1. The molecule has 164 valence electrons. The van der Waals surface area contributed by atoms with Gasteiger partial charge in [0.05, 0.1) is 17.8 Å². The highest BCUT2D eigenvalue weighted by molar-refractivity contribution is 5.99. The van der Waals surface area contributed by atoms with E-state index in [1.165, 1.54) is 0 Å². The van der Waals surface area contributed by atoms with Gasteiger partial charge in [0.2, 0.25) is 0 Å². The number of aromatic nitrogens is 1. The maximum atomic E-state index is 13.4. The number of unbranched alkanes of at least 4 members (excludes halogenated alkanes) is 1. The first-order valence-corrected chi connectivity index (χ1v) is 11.2. The van der Waals surface area contributed by atoms with Crippen LogP contribution < -0.4 is 21.3 Å². The van der Waals surface area contributed by atoms with Crippen molar-refractivity contribution >= 4 is 11.6 Å². The fourth-order valence-corrected chi connectivity index (χ4v) is 6.97. The number of rotatable bonds is 5. The highest BCUT2D eigenvalue weighted by Gasteiger charge is 2.58. The number of carbonyl (C=O) groups excluding carboxylic acids is 1. The Morgan fingerprint density at radius 1 is 1.27 bits per heavy atom. The SMILES string of the molecule is CCCCn1c2c(c(O)c(C(=O)NC34CC5CC(CC(O)(C5)C3)C4)c1=O)N(C)NC2. The summed E-state index contributed by atoms with van der Waals surface area (Å²) >= 11 is 0. The van der Waals surface area contributed by atoms with Crippen molar-refractivity contribution < 1.29 is 15.0 Å². The molecule has 4 N–H and O–H groups in total. The number of amides is 1. The number of aliphatic hydroxyl groups is 1. The van der Waals surface area contributed by atoms with Gasteiger partial charge in [-0.2, -0.15) is 0 Å². The van der Waals surface area contributed by atoms with E-state index in [1.54, 1.807) is 16.6 Å². The molecule has 2 unspecified atom stereocenters. The Hall–Kier alpha value is -2.06. The van der Waals surface area contributed by atoms with Gasteiger partial charge >= 0.3 is 0 Å². The Bertz CT molecular complexity index is 941. The Labute approximate surface area is 176 Å². The molecule has 2 atom stereocenters. The van der Waals surface area contributed by atoms with Gasteiger partial charge in [-0.15, -0.1) is 0 Å². The number of nitrogens with one attached hydrogen (secondary N) is 2. The molecular weight excluding hydrogens is 384 g/mol. The van der Waals surface area contributed by atoms with Crippen LogP contribution >= 0.6 is 0 Å². The van der Waals surface area contributed by atoms with Gasteiger partial charge < -0.3 is 25.1 Å². The molecule has 0 saturated heterocycles. The molecule has 1 aromatic rings. The molecule has 8 heteroatoms. The van der Waals surface area contributed by atoms with Crippen LogP contribution in [-0.2, 0) is 13.1 Å². The summed E-state index contributed by atoms with van der Waals surface area (Å²) in [4.78, 5) is 26.7. The van der Waals surface area contributed by atoms with Gasteiger partial charge in [-0.25, -0.2) is 5.43 Å². The van der Waals surface area contributed by atoms with E-state index in [4.69, 9.17) is 0 Å². The number of nitrogens with zero attached hydrogens (tertiary/aromatic N) is 2. The summed E-state index contributed by atoms with van der Waals surface area (Å²) in [5, 5.41) is 26.7. The van der Waals surface area contributed by atoms with Gasteiger partial charge in [-0.3, -0.25) is 9.59 Å². The lowest BCUT2D eigenvalue weighted by Crippen LogP contribution is -2.65. The molecule has 8 nitrogen and oxygen atoms in total. The number of carbonyl (C=O) groups is 1. The van der Waals surface area contributed by atoms with E-state index < -0.39 is 22.6 Å². The summed E-state index contributed by atoms with van der Waals surface area (Å²) in [7, 11) is 1.77. The minimum absolute atomic E-state index is 0.178. The molecule has 0 aromatic carbocycles. The molecule has 4 saturated carbocycles. The van der Waals surface area contributed by atoms with E-state index in [1.807, 2.05) is 0 Å². The first kappa shape index (κ1) is 19.9. The Kier molecular flexibility index (Phi) is 4.45. The molecule has 4 aliphatic carbocycles. The number of hydrazine groups is 1. The van der Waals surface area contributed by atoms with Crippen LogP contribution in [0.4, 0.5) is 5.69 Å². The third kappa shape index (κ3) is 2.95. The molecule has 1 aromatic heterocycles. The average molecular weight is 417 g/mol. The molecule has 2 heterocycles. The topological polar surface area (TPSA) is 107 Å². The molecule has 0 radical (unpaired) electrons. The van der Waals surface area contributed by atoms with Crippen LogP contribution in [0, 0.1) is 11.8 Å². The summed E-state index contributed by atoms with van der Waals surface area (Å²) in [5.74, 6) is 0.0658. The zero-order valence-corrected chi connectivity index (χ0v) is 17.8. The summed E-state index contributed by atoms with van der Waals surface area (Å²) in [5.41, 5.74) is 2.54. The highest BCUT2D eigenvalue weighted by atomic mass is 16.3. The van der Waals surface area contributed by atoms with Crippen molar-refractivity contribution in [3.8, 4) is 5.75 Å². The van der Waals surface area contributed by atoms with Gasteiger partial charge in [0.1, 0.15) is 11.3 Å². The summed E-state index contributed by atoms with van der Waals surface area (Å²) in [6.07, 6.45) is 6.71. The van der Waals surface area contributed by atoms with E-state index in [0.29, 0.717) is 42.7 Å².